The van der Waals surface area contributed by atoms with Gasteiger partial charge in [0.05, 0.1) is 0 Å². The van der Waals surface area contributed by atoms with Crippen LogP contribution in [0.3, 0.4) is 0 Å². The van der Waals surface area contributed by atoms with E-state index >= 15 is 0 Å². The second-order valence-electron chi connectivity index (χ2n) is 4.60. The predicted octanol–water partition coefficient (Wildman–Crippen LogP) is 2.92. The lowest BCUT2D eigenvalue weighted by molar-refractivity contribution is 0.306. The Labute approximate surface area is 86.3 Å². The molecule has 1 aliphatic carbocycles. The maximum absolute atomic E-state index is 6.17. The van der Waals surface area contributed by atoms with Crippen LogP contribution in [0.2, 0.25) is 0 Å². The Morgan fingerprint density at radius 1 is 1.14 bits per heavy atom. The zero-order chi connectivity index (χ0) is 9.97. The molecule has 1 nitrogen and oxygen atoms in total. The van der Waals surface area contributed by atoms with E-state index in [0.29, 0.717) is 12.0 Å². The van der Waals surface area contributed by atoms with Gasteiger partial charge < -0.3 is 5.73 Å². The van der Waals surface area contributed by atoms with Crippen molar-refractivity contribution in [2.45, 2.75) is 38.1 Å². The monoisotopic (exact) mass is 189 g/mol. The summed E-state index contributed by atoms with van der Waals surface area (Å²) in [6, 6.07) is 11.1. The number of benzene rings is 1. The number of hydrogen-bond donors (Lipinski definition) is 1. The van der Waals surface area contributed by atoms with Crippen LogP contribution in [0.4, 0.5) is 0 Å². The molecule has 14 heavy (non-hydrogen) atoms. The fraction of sp³-hybridized carbons (Fsp3) is 0.538. The fourth-order valence-electron chi connectivity index (χ4n) is 2.49. The van der Waals surface area contributed by atoms with Gasteiger partial charge in [0.1, 0.15) is 0 Å². The lowest BCUT2D eigenvalue weighted by Crippen LogP contribution is -2.33. The van der Waals surface area contributed by atoms with Crippen molar-refractivity contribution < 1.29 is 0 Å². The van der Waals surface area contributed by atoms with Gasteiger partial charge in [-0.1, -0.05) is 37.3 Å². The molecule has 1 aromatic rings. The van der Waals surface area contributed by atoms with Crippen molar-refractivity contribution in [2.75, 3.05) is 0 Å². The molecule has 1 saturated carbocycles. The van der Waals surface area contributed by atoms with Gasteiger partial charge in [0.2, 0.25) is 0 Å². The molecular formula is C13H19N. The summed E-state index contributed by atoms with van der Waals surface area (Å²) in [6.45, 7) is 2.34. The molecule has 3 unspecified atom stereocenters. The molecule has 0 saturated heterocycles. The summed E-state index contributed by atoms with van der Waals surface area (Å²) in [5.41, 5.74) is 7.60. The summed E-state index contributed by atoms with van der Waals surface area (Å²) in [5, 5.41) is 0. The summed E-state index contributed by atoms with van der Waals surface area (Å²) >= 11 is 0. The van der Waals surface area contributed by atoms with Gasteiger partial charge in [0.15, 0.2) is 0 Å². The van der Waals surface area contributed by atoms with Gasteiger partial charge >= 0.3 is 0 Å². The Hall–Kier alpha value is -0.820. The Kier molecular flexibility index (Phi) is 2.87. The summed E-state index contributed by atoms with van der Waals surface area (Å²) in [6.07, 6.45) is 3.73. The van der Waals surface area contributed by atoms with E-state index in [0.717, 1.165) is 5.92 Å². The van der Waals surface area contributed by atoms with Gasteiger partial charge in [-0.3, -0.25) is 0 Å². The maximum Gasteiger partial charge on any atom is 0.0108 e. The third-order valence-electron chi connectivity index (χ3n) is 3.39. The van der Waals surface area contributed by atoms with Crippen molar-refractivity contribution in [2.24, 2.45) is 11.7 Å². The van der Waals surface area contributed by atoms with E-state index in [2.05, 4.69) is 37.3 Å². The maximum atomic E-state index is 6.17. The van der Waals surface area contributed by atoms with Crippen LogP contribution in [0.1, 0.15) is 37.7 Å². The summed E-state index contributed by atoms with van der Waals surface area (Å²) in [4.78, 5) is 0. The number of hydrogen-bond acceptors (Lipinski definition) is 1. The minimum absolute atomic E-state index is 0.369. The van der Waals surface area contributed by atoms with Gasteiger partial charge in [0.25, 0.3) is 0 Å². The van der Waals surface area contributed by atoms with E-state index in [1.165, 1.54) is 24.8 Å². The first-order chi connectivity index (χ1) is 6.77. The molecule has 0 radical (unpaired) electrons. The highest BCUT2D eigenvalue weighted by atomic mass is 14.7. The Morgan fingerprint density at radius 3 is 2.57 bits per heavy atom. The Bertz CT molecular complexity index is 281. The Balaban J connectivity index is 2.16. The SMILES string of the molecule is CC1CCC(N)C(c2ccccc2)C1. The first-order valence-electron chi connectivity index (χ1n) is 5.58. The zero-order valence-electron chi connectivity index (χ0n) is 8.82. The molecule has 0 amide bonds. The lowest BCUT2D eigenvalue weighted by atomic mass is 9.76. The third-order valence-corrected chi connectivity index (χ3v) is 3.39. The largest absolute Gasteiger partial charge is 0.327 e. The smallest absolute Gasteiger partial charge is 0.0108 e. The van der Waals surface area contributed by atoms with Crippen molar-refractivity contribution in [3.63, 3.8) is 0 Å². The second kappa shape index (κ2) is 4.14. The zero-order valence-corrected chi connectivity index (χ0v) is 8.82. The van der Waals surface area contributed by atoms with Crippen molar-refractivity contribution in [3.8, 4) is 0 Å². The second-order valence-corrected chi connectivity index (χ2v) is 4.60. The first kappa shape index (κ1) is 9.72. The third kappa shape index (κ3) is 1.98. The first-order valence-corrected chi connectivity index (χ1v) is 5.58. The topological polar surface area (TPSA) is 26.0 Å². The highest BCUT2D eigenvalue weighted by Crippen LogP contribution is 2.34. The van der Waals surface area contributed by atoms with Crippen LogP contribution in [-0.4, -0.2) is 6.04 Å². The number of rotatable bonds is 1. The minimum atomic E-state index is 0.369. The molecule has 0 spiro atoms. The van der Waals surface area contributed by atoms with Crippen molar-refractivity contribution in [3.05, 3.63) is 35.9 Å². The molecule has 76 valence electrons. The van der Waals surface area contributed by atoms with E-state index in [1.807, 2.05) is 0 Å². The molecule has 1 heteroatoms. The standard InChI is InChI=1S/C13H19N/c1-10-7-8-13(14)12(9-10)11-5-3-2-4-6-11/h2-6,10,12-13H,7-9,14H2,1H3. The summed E-state index contributed by atoms with van der Waals surface area (Å²) < 4.78 is 0. The van der Waals surface area contributed by atoms with E-state index in [1.54, 1.807) is 0 Å². The van der Waals surface area contributed by atoms with Crippen molar-refractivity contribution >= 4 is 0 Å². The van der Waals surface area contributed by atoms with Crippen LogP contribution in [0.15, 0.2) is 30.3 Å². The van der Waals surface area contributed by atoms with Gasteiger partial charge in [-0.2, -0.15) is 0 Å². The molecule has 0 aromatic heterocycles. The average molecular weight is 189 g/mol. The molecule has 1 aliphatic rings. The van der Waals surface area contributed by atoms with E-state index in [4.69, 9.17) is 5.73 Å². The van der Waals surface area contributed by atoms with Crippen LogP contribution >= 0.6 is 0 Å². The van der Waals surface area contributed by atoms with Crippen molar-refractivity contribution in [1.82, 2.24) is 0 Å². The molecule has 1 fully saturated rings. The van der Waals surface area contributed by atoms with Crippen LogP contribution in [0, 0.1) is 5.92 Å². The average Bonchev–Trinajstić information content (AvgIpc) is 2.23. The lowest BCUT2D eigenvalue weighted by Gasteiger charge is -2.32. The highest BCUT2D eigenvalue weighted by Gasteiger charge is 2.26. The normalized spacial score (nSPS) is 32.9. The minimum Gasteiger partial charge on any atom is -0.327 e. The van der Waals surface area contributed by atoms with Crippen LogP contribution in [-0.2, 0) is 0 Å². The summed E-state index contributed by atoms with van der Waals surface area (Å²) in [5.74, 6) is 1.42. The van der Waals surface area contributed by atoms with E-state index in [-0.39, 0.29) is 0 Å². The summed E-state index contributed by atoms with van der Waals surface area (Å²) in [7, 11) is 0. The molecular weight excluding hydrogens is 170 g/mol. The molecule has 0 aliphatic heterocycles. The Morgan fingerprint density at radius 2 is 1.86 bits per heavy atom. The quantitative estimate of drug-likeness (QED) is 0.722. The van der Waals surface area contributed by atoms with E-state index < -0.39 is 0 Å². The van der Waals surface area contributed by atoms with Crippen LogP contribution < -0.4 is 5.73 Å². The number of nitrogens with two attached hydrogens (primary N) is 1. The van der Waals surface area contributed by atoms with Crippen molar-refractivity contribution in [1.29, 1.82) is 0 Å². The van der Waals surface area contributed by atoms with Crippen LogP contribution in [0.25, 0.3) is 0 Å². The van der Waals surface area contributed by atoms with Gasteiger partial charge in [-0.05, 0) is 36.7 Å². The molecule has 1 aromatic carbocycles. The van der Waals surface area contributed by atoms with Gasteiger partial charge in [-0.25, -0.2) is 0 Å². The van der Waals surface area contributed by atoms with E-state index in [9.17, 15) is 0 Å². The highest BCUT2D eigenvalue weighted by molar-refractivity contribution is 5.21. The fourth-order valence-corrected chi connectivity index (χ4v) is 2.49. The predicted molar refractivity (Wildman–Crippen MR) is 60.2 cm³/mol. The van der Waals surface area contributed by atoms with Gasteiger partial charge in [0, 0.05) is 6.04 Å². The molecule has 3 atom stereocenters. The molecule has 0 bridgehead atoms. The molecule has 2 N–H and O–H groups in total. The van der Waals surface area contributed by atoms with Gasteiger partial charge in [-0.15, -0.1) is 0 Å². The molecule has 0 heterocycles. The van der Waals surface area contributed by atoms with Crippen LogP contribution in [0.5, 0.6) is 0 Å². The molecule has 2 rings (SSSR count).